The van der Waals surface area contributed by atoms with Crippen LogP contribution in [0.3, 0.4) is 0 Å². The van der Waals surface area contributed by atoms with Crippen molar-refractivity contribution in [2.45, 2.75) is 20.3 Å². The minimum Gasteiger partial charge on any atom is -0.380 e. The lowest BCUT2D eigenvalue weighted by Gasteiger charge is -2.42. The fourth-order valence-corrected chi connectivity index (χ4v) is 3.05. The third kappa shape index (κ3) is 3.05. The molecule has 0 radical (unpaired) electrons. The van der Waals surface area contributed by atoms with Crippen LogP contribution in [0.5, 0.6) is 0 Å². The van der Waals surface area contributed by atoms with Gasteiger partial charge in [0.2, 0.25) is 0 Å². The topological polar surface area (TPSA) is 50.5 Å². The van der Waals surface area contributed by atoms with Crippen LogP contribution in [0.2, 0.25) is 0 Å². The predicted molar refractivity (Wildman–Crippen MR) is 74.6 cm³/mol. The van der Waals surface area contributed by atoms with Crippen LogP contribution in [0, 0.1) is 16.7 Å². The van der Waals surface area contributed by atoms with Gasteiger partial charge in [-0.25, -0.2) is 0 Å². The highest BCUT2D eigenvalue weighted by Gasteiger charge is 2.38. The zero-order chi connectivity index (χ0) is 13.2. The molecule has 106 valence electrons. The summed E-state index contributed by atoms with van der Waals surface area (Å²) in [6.45, 7) is 11.7. The number of hydrogen-bond acceptors (Lipinski definition) is 4. The van der Waals surface area contributed by atoms with Gasteiger partial charge >= 0.3 is 0 Å². The Morgan fingerprint density at radius 3 is 2.61 bits per heavy atom. The minimum absolute atomic E-state index is 0.211. The van der Waals surface area contributed by atoms with Gasteiger partial charge in [0.05, 0.1) is 13.2 Å². The molecular formula is C14H29N3O. The molecule has 2 aliphatic rings. The minimum atomic E-state index is 0.211. The van der Waals surface area contributed by atoms with Crippen LogP contribution in [0.1, 0.15) is 20.3 Å². The largest absolute Gasteiger partial charge is 0.380 e. The zero-order valence-corrected chi connectivity index (χ0v) is 12.2. The molecule has 2 fully saturated rings. The molecule has 4 heteroatoms. The van der Waals surface area contributed by atoms with E-state index in [0.29, 0.717) is 5.41 Å². The number of ether oxygens (including phenoxy) is 1. The Balaban J connectivity index is 1.75. The quantitative estimate of drug-likeness (QED) is 0.727. The van der Waals surface area contributed by atoms with Crippen molar-refractivity contribution in [1.82, 2.24) is 10.2 Å². The lowest BCUT2D eigenvalue weighted by molar-refractivity contribution is -0.105. The van der Waals surface area contributed by atoms with Crippen LogP contribution in [0.15, 0.2) is 0 Å². The summed E-state index contributed by atoms with van der Waals surface area (Å²) in [5.74, 6) is 0.807. The van der Waals surface area contributed by atoms with E-state index in [2.05, 4.69) is 31.1 Å². The molecule has 2 saturated heterocycles. The lowest BCUT2D eigenvalue weighted by Crippen LogP contribution is -2.55. The Kier molecular flexibility index (Phi) is 4.32. The number of nitrogens with one attached hydrogen (secondary N) is 1. The van der Waals surface area contributed by atoms with Gasteiger partial charge in [-0.1, -0.05) is 13.8 Å². The van der Waals surface area contributed by atoms with Crippen molar-refractivity contribution in [3.63, 3.8) is 0 Å². The van der Waals surface area contributed by atoms with E-state index < -0.39 is 0 Å². The number of nitrogens with zero attached hydrogens (tertiary/aromatic N) is 1. The number of hydrogen-bond donors (Lipinski definition) is 2. The fraction of sp³-hybridized carbons (Fsp3) is 1.00. The van der Waals surface area contributed by atoms with Crippen LogP contribution < -0.4 is 11.1 Å². The van der Waals surface area contributed by atoms with E-state index in [0.717, 1.165) is 38.8 Å². The molecule has 0 aliphatic carbocycles. The monoisotopic (exact) mass is 255 g/mol. The summed E-state index contributed by atoms with van der Waals surface area (Å²) in [6.07, 6.45) is 1.33. The van der Waals surface area contributed by atoms with Gasteiger partial charge in [-0.2, -0.15) is 0 Å². The van der Waals surface area contributed by atoms with E-state index in [-0.39, 0.29) is 5.41 Å². The fourth-order valence-electron chi connectivity index (χ4n) is 3.05. The molecule has 0 aromatic rings. The van der Waals surface area contributed by atoms with E-state index >= 15 is 0 Å². The number of nitrogens with two attached hydrogens (primary N) is 1. The number of rotatable bonds is 6. The van der Waals surface area contributed by atoms with Gasteiger partial charge in [-0.15, -0.1) is 0 Å². The van der Waals surface area contributed by atoms with Crippen molar-refractivity contribution < 1.29 is 4.74 Å². The van der Waals surface area contributed by atoms with Crippen LogP contribution in [0.4, 0.5) is 0 Å². The Bertz CT molecular complexity index is 271. The normalized spacial score (nSPS) is 28.3. The second-order valence-electron chi connectivity index (χ2n) is 7.04. The van der Waals surface area contributed by atoms with Gasteiger partial charge in [0.25, 0.3) is 0 Å². The Labute approximate surface area is 111 Å². The summed E-state index contributed by atoms with van der Waals surface area (Å²) in [6, 6.07) is 0. The molecule has 0 amide bonds. The van der Waals surface area contributed by atoms with E-state index in [9.17, 15) is 0 Å². The molecule has 0 saturated carbocycles. The first-order chi connectivity index (χ1) is 8.47. The molecule has 2 heterocycles. The molecule has 18 heavy (non-hydrogen) atoms. The molecule has 0 bridgehead atoms. The smallest absolute Gasteiger partial charge is 0.0569 e. The first-order valence-corrected chi connectivity index (χ1v) is 7.15. The Morgan fingerprint density at radius 2 is 2.17 bits per heavy atom. The predicted octanol–water partition coefficient (Wildman–Crippen LogP) is 0.529. The Morgan fingerprint density at radius 1 is 1.44 bits per heavy atom. The third-order valence-corrected chi connectivity index (χ3v) is 4.83. The second-order valence-corrected chi connectivity index (χ2v) is 7.04. The lowest BCUT2D eigenvalue weighted by atomic mass is 9.77. The molecule has 1 unspecified atom stereocenters. The van der Waals surface area contributed by atoms with E-state index in [1.54, 1.807) is 0 Å². The van der Waals surface area contributed by atoms with Gasteiger partial charge in [-0.3, -0.25) is 0 Å². The SMILES string of the molecule is CN1CCC(C(C)(C)CNCC2(CN)COC2)C1. The van der Waals surface area contributed by atoms with Gasteiger partial charge in [0.1, 0.15) is 0 Å². The molecule has 3 N–H and O–H groups in total. The number of likely N-dealkylation sites (tertiary alicyclic amines) is 1. The van der Waals surface area contributed by atoms with Crippen LogP contribution in [-0.2, 0) is 4.74 Å². The van der Waals surface area contributed by atoms with Crippen molar-refractivity contribution in [2.75, 3.05) is 53.0 Å². The molecule has 0 spiro atoms. The van der Waals surface area contributed by atoms with E-state index in [1.165, 1.54) is 19.5 Å². The van der Waals surface area contributed by atoms with Crippen molar-refractivity contribution in [3.05, 3.63) is 0 Å². The molecule has 2 rings (SSSR count). The van der Waals surface area contributed by atoms with E-state index in [1.807, 2.05) is 0 Å². The summed E-state index contributed by atoms with van der Waals surface area (Å²) >= 11 is 0. The molecule has 0 aromatic heterocycles. The average Bonchev–Trinajstić information content (AvgIpc) is 2.70. The highest BCUT2D eigenvalue weighted by atomic mass is 16.5. The molecular weight excluding hydrogens is 226 g/mol. The highest BCUT2D eigenvalue weighted by Crippen LogP contribution is 2.33. The molecule has 1 atom stereocenters. The van der Waals surface area contributed by atoms with Crippen molar-refractivity contribution >= 4 is 0 Å². The van der Waals surface area contributed by atoms with Crippen LogP contribution in [0.25, 0.3) is 0 Å². The average molecular weight is 255 g/mol. The summed E-state index contributed by atoms with van der Waals surface area (Å²) < 4.78 is 5.30. The van der Waals surface area contributed by atoms with Crippen LogP contribution in [-0.4, -0.2) is 57.9 Å². The summed E-state index contributed by atoms with van der Waals surface area (Å²) in [5.41, 5.74) is 6.41. The van der Waals surface area contributed by atoms with Crippen molar-refractivity contribution in [3.8, 4) is 0 Å². The first kappa shape index (κ1) is 14.3. The van der Waals surface area contributed by atoms with Gasteiger partial charge in [-0.05, 0) is 31.3 Å². The Hall–Kier alpha value is -0.160. The van der Waals surface area contributed by atoms with Gasteiger partial charge in [0, 0.05) is 31.6 Å². The maximum atomic E-state index is 5.83. The zero-order valence-electron chi connectivity index (χ0n) is 12.2. The maximum absolute atomic E-state index is 5.83. The van der Waals surface area contributed by atoms with Crippen molar-refractivity contribution in [2.24, 2.45) is 22.5 Å². The first-order valence-electron chi connectivity index (χ1n) is 7.15. The van der Waals surface area contributed by atoms with E-state index in [4.69, 9.17) is 10.5 Å². The molecule has 0 aromatic carbocycles. The second kappa shape index (κ2) is 5.45. The summed E-state index contributed by atoms with van der Waals surface area (Å²) in [7, 11) is 2.22. The van der Waals surface area contributed by atoms with Gasteiger partial charge < -0.3 is 20.7 Å². The molecule has 2 aliphatic heterocycles. The van der Waals surface area contributed by atoms with Crippen LogP contribution >= 0.6 is 0 Å². The standard InChI is InChI=1S/C14H29N3O/c1-13(2,12-4-5-17(3)6-12)8-16-9-14(7-15)10-18-11-14/h12,16H,4-11,15H2,1-3H3. The maximum Gasteiger partial charge on any atom is 0.0569 e. The summed E-state index contributed by atoms with van der Waals surface area (Å²) in [4.78, 5) is 2.44. The van der Waals surface area contributed by atoms with Crippen molar-refractivity contribution in [1.29, 1.82) is 0 Å². The van der Waals surface area contributed by atoms with Gasteiger partial charge in [0.15, 0.2) is 0 Å². The molecule has 4 nitrogen and oxygen atoms in total. The highest BCUT2D eigenvalue weighted by molar-refractivity contribution is 4.91. The summed E-state index contributed by atoms with van der Waals surface area (Å²) in [5, 5.41) is 3.63. The third-order valence-electron chi connectivity index (χ3n) is 4.83.